The zero-order chi connectivity index (χ0) is 58.3. The summed E-state index contributed by atoms with van der Waals surface area (Å²) >= 11 is 0. The Labute approximate surface area is 362 Å². The highest BCUT2D eigenvalue weighted by Gasteiger charge is 2.17. The highest BCUT2D eigenvalue weighted by molar-refractivity contribution is 6.13. The molecule has 0 fully saturated rings. The average molecular weight is 751 g/mol. The first kappa shape index (κ1) is 16.2. The van der Waals surface area contributed by atoms with Crippen molar-refractivity contribution in [2.45, 2.75) is 0 Å². The zero-order valence-electron chi connectivity index (χ0n) is 53.1. The van der Waals surface area contributed by atoms with Crippen LogP contribution in [0.2, 0.25) is 0 Å². The SMILES string of the molecule is [2H]c1cc([2H])cc(-c2c([2H])cc(-c3c([2H])c([2H])c4c(oc5c([2H])c(-n6c7cc([2H])c(-c8c([2H])c([2H])c9c(c8[2H])c8c([2H])c([2H])c([2H])c([2H])c8n9-c8ccccc8)c([2H])c7c7c([2H])c([2H])c([2H])c([2H])c76)c([2H])c([2H])c54)c3[2H])c([2H])c2[2H])c1. The molecule has 0 spiro atoms. The van der Waals surface area contributed by atoms with Crippen molar-refractivity contribution < 1.29 is 37.3 Å². The van der Waals surface area contributed by atoms with Crippen LogP contribution >= 0.6 is 0 Å². The quantitative estimate of drug-likeness (QED) is 0.172. The fraction of sp³-hybridized carbons (Fsp3) is 0. The predicted molar refractivity (Wildman–Crippen MR) is 239 cm³/mol. The second-order valence-corrected chi connectivity index (χ2v) is 13.0. The van der Waals surface area contributed by atoms with Gasteiger partial charge in [0.25, 0.3) is 0 Å². The number of para-hydroxylation sites is 3. The lowest BCUT2D eigenvalue weighted by atomic mass is 9.99. The molecular formula is C54H34N2O. The molecule has 3 heterocycles. The van der Waals surface area contributed by atoms with Crippen molar-refractivity contribution in [3.05, 3.63) is 206 Å². The van der Waals surface area contributed by atoms with E-state index in [1.807, 2.05) is 0 Å². The van der Waals surface area contributed by atoms with Crippen molar-refractivity contribution >= 4 is 65.6 Å². The number of nitrogens with zero attached hydrogens (tertiary/aromatic N) is 2. The molecule has 3 aromatic heterocycles. The van der Waals surface area contributed by atoms with Crippen LogP contribution in [0, 0.1) is 0 Å². The minimum Gasteiger partial charge on any atom is -0.456 e. The monoisotopic (exact) mass is 750 g/mol. The van der Waals surface area contributed by atoms with E-state index in [0.29, 0.717) is 5.69 Å². The van der Waals surface area contributed by atoms with Gasteiger partial charge in [-0.25, -0.2) is 0 Å². The Morgan fingerprint density at radius 2 is 0.895 bits per heavy atom. The summed E-state index contributed by atoms with van der Waals surface area (Å²) in [5.41, 5.74) is -4.04. The summed E-state index contributed by atoms with van der Waals surface area (Å²) in [4.78, 5) is 0. The van der Waals surface area contributed by atoms with Crippen LogP contribution in [-0.4, -0.2) is 9.13 Å². The number of furan rings is 1. The van der Waals surface area contributed by atoms with Crippen LogP contribution < -0.4 is 0 Å². The van der Waals surface area contributed by atoms with Gasteiger partial charge in [-0.3, -0.25) is 0 Å². The third kappa shape index (κ3) is 4.99. The first-order valence-corrected chi connectivity index (χ1v) is 17.5. The molecule has 0 unspecified atom stereocenters. The summed E-state index contributed by atoms with van der Waals surface area (Å²) in [6.45, 7) is 0. The minimum atomic E-state index is -0.815. The first-order chi connectivity index (χ1) is 38.2. The Hall–Kier alpha value is -7.62. The third-order valence-corrected chi connectivity index (χ3v) is 9.77. The zero-order valence-corrected chi connectivity index (χ0v) is 29.1. The van der Waals surface area contributed by atoms with Crippen LogP contribution in [-0.2, 0) is 0 Å². The van der Waals surface area contributed by atoms with Crippen molar-refractivity contribution in [1.29, 1.82) is 0 Å². The normalized spacial score (nSPS) is 17.8. The summed E-state index contributed by atoms with van der Waals surface area (Å²) in [5, 5.41) is -1.90. The molecule has 266 valence electrons. The van der Waals surface area contributed by atoms with Crippen molar-refractivity contribution in [3.63, 3.8) is 0 Å². The highest BCUT2D eigenvalue weighted by atomic mass is 16.3. The third-order valence-electron chi connectivity index (χ3n) is 9.77. The largest absolute Gasteiger partial charge is 0.456 e. The first-order valence-electron chi connectivity index (χ1n) is 29.5. The van der Waals surface area contributed by atoms with Gasteiger partial charge in [0.1, 0.15) is 11.2 Å². The van der Waals surface area contributed by atoms with Gasteiger partial charge in [-0.15, -0.1) is 0 Å². The molecule has 12 rings (SSSR count). The fourth-order valence-corrected chi connectivity index (χ4v) is 7.18. The second kappa shape index (κ2) is 12.5. The Bertz CT molecular complexity index is 4910. The average Bonchev–Trinajstić information content (AvgIpc) is 1.96. The highest BCUT2D eigenvalue weighted by Crippen LogP contribution is 2.40. The Balaban J connectivity index is 1.15. The number of fused-ring (bicyclic) bond motifs is 9. The van der Waals surface area contributed by atoms with Gasteiger partial charge in [0.2, 0.25) is 0 Å². The molecule has 0 aliphatic rings. The van der Waals surface area contributed by atoms with E-state index in [9.17, 15) is 16.4 Å². The number of aromatic nitrogens is 2. The van der Waals surface area contributed by atoms with Crippen LogP contribution in [0.5, 0.6) is 0 Å². The molecule has 12 aromatic rings. The van der Waals surface area contributed by atoms with E-state index < -0.39 is 171 Å². The number of hydrogen-bond acceptors (Lipinski definition) is 1. The van der Waals surface area contributed by atoms with E-state index in [2.05, 4.69) is 0 Å². The molecule has 0 N–H and O–H groups in total. The van der Waals surface area contributed by atoms with Crippen LogP contribution in [0.3, 0.4) is 0 Å². The smallest absolute Gasteiger partial charge is 0.137 e. The minimum absolute atomic E-state index is 0.0841. The van der Waals surface area contributed by atoms with Crippen LogP contribution in [0.25, 0.3) is 110 Å². The lowest BCUT2D eigenvalue weighted by Crippen LogP contribution is -1.93. The standard InChI is InChI=1S/C54H34N2O/c1-3-11-35(12-4-1)36-19-21-37(22-20-36)40-23-27-45-46-28-26-42(34-54(46)57-53(45)33-40)56-50-18-10-8-16-44(50)48-32-39(25-30-52(48)56)38-24-29-51-47(31-38)43-15-7-9-17-49(43)55(51)41-13-5-2-6-14-41/h1-34H/i3D,4D,7D,8D,9D,10D,15D,16D,17D,18D,19D,20D,21D,23D,24D,25D,26D,27D,28D,29D,31D,32D,33D,34D. The number of benzene rings is 9. The van der Waals surface area contributed by atoms with E-state index in [0.717, 1.165) is 16.7 Å². The molecule has 0 atom stereocenters. The Morgan fingerprint density at radius 3 is 1.68 bits per heavy atom. The van der Waals surface area contributed by atoms with Crippen molar-refractivity contribution in [1.82, 2.24) is 9.13 Å². The van der Waals surface area contributed by atoms with Crippen molar-refractivity contribution in [2.75, 3.05) is 0 Å². The molecule has 0 saturated heterocycles. The van der Waals surface area contributed by atoms with Crippen LogP contribution in [0.1, 0.15) is 32.9 Å². The Kier molecular flexibility index (Phi) is 3.55. The number of hydrogen-bond donors (Lipinski definition) is 0. The lowest BCUT2D eigenvalue weighted by molar-refractivity contribution is 0.669. The van der Waals surface area contributed by atoms with E-state index in [4.69, 9.17) is 20.9 Å². The number of rotatable bonds is 5. The molecule has 0 aliphatic heterocycles. The van der Waals surface area contributed by atoms with Gasteiger partial charge in [-0.1, -0.05) is 127 Å². The molecule has 3 heteroatoms. The van der Waals surface area contributed by atoms with Gasteiger partial charge in [0.15, 0.2) is 0 Å². The van der Waals surface area contributed by atoms with Gasteiger partial charge in [0.05, 0.1) is 55.0 Å². The molecule has 0 saturated carbocycles. The molecule has 0 bridgehead atoms. The lowest BCUT2D eigenvalue weighted by Gasteiger charge is -2.09. The van der Waals surface area contributed by atoms with E-state index >= 15 is 0 Å². The summed E-state index contributed by atoms with van der Waals surface area (Å²) in [7, 11) is 0. The maximum Gasteiger partial charge on any atom is 0.137 e. The summed E-state index contributed by atoms with van der Waals surface area (Å²) in [5.74, 6) is 0. The summed E-state index contributed by atoms with van der Waals surface area (Å²) in [6.07, 6.45) is 0. The maximum atomic E-state index is 9.90. The van der Waals surface area contributed by atoms with Gasteiger partial charge < -0.3 is 13.6 Å². The van der Waals surface area contributed by atoms with Crippen molar-refractivity contribution in [2.24, 2.45) is 0 Å². The van der Waals surface area contributed by atoms with E-state index in [-0.39, 0.29) is 78.3 Å². The molecule has 3 nitrogen and oxygen atoms in total. The van der Waals surface area contributed by atoms with Crippen molar-refractivity contribution in [3.8, 4) is 44.8 Å². The molecule has 57 heavy (non-hydrogen) atoms. The van der Waals surface area contributed by atoms with Gasteiger partial charge >= 0.3 is 0 Å². The van der Waals surface area contributed by atoms with Gasteiger partial charge in [-0.05, 0) is 106 Å². The molecular weight excluding hydrogens is 693 g/mol. The summed E-state index contributed by atoms with van der Waals surface area (Å²) < 4.78 is 227. The molecule has 0 radical (unpaired) electrons. The van der Waals surface area contributed by atoms with Crippen LogP contribution in [0.15, 0.2) is 210 Å². The fourth-order valence-electron chi connectivity index (χ4n) is 7.18. The topological polar surface area (TPSA) is 23.0 Å². The second-order valence-electron chi connectivity index (χ2n) is 13.0. The predicted octanol–water partition coefficient (Wildman–Crippen LogP) is 14.8. The molecule has 0 aliphatic carbocycles. The van der Waals surface area contributed by atoms with Gasteiger partial charge in [0, 0.05) is 49.7 Å². The molecule has 9 aromatic carbocycles. The Morgan fingerprint density at radius 1 is 0.316 bits per heavy atom. The maximum absolute atomic E-state index is 9.90. The van der Waals surface area contributed by atoms with Gasteiger partial charge in [-0.2, -0.15) is 0 Å². The van der Waals surface area contributed by atoms with E-state index in [1.54, 1.807) is 30.3 Å². The van der Waals surface area contributed by atoms with Crippen LogP contribution in [0.4, 0.5) is 0 Å². The molecule has 0 amide bonds. The summed E-state index contributed by atoms with van der Waals surface area (Å²) in [6, 6.07) is -0.484. The van der Waals surface area contributed by atoms with E-state index in [1.165, 1.54) is 22.8 Å².